The average Bonchev–Trinajstić information content (AvgIpc) is 3.42. The highest BCUT2D eigenvalue weighted by Gasteiger charge is 2.48. The minimum absolute atomic E-state index is 0.0740. The molecule has 1 unspecified atom stereocenters. The summed E-state index contributed by atoms with van der Waals surface area (Å²) < 4.78 is 16.8. The molecule has 12 nitrogen and oxygen atoms in total. The van der Waals surface area contributed by atoms with Gasteiger partial charge < -0.3 is 18.9 Å². The highest BCUT2D eigenvalue weighted by Crippen LogP contribution is 2.39. The maximum atomic E-state index is 13.3. The molecule has 0 saturated carbocycles. The topological polar surface area (TPSA) is 144 Å². The van der Waals surface area contributed by atoms with E-state index in [4.69, 9.17) is 14.0 Å². The fourth-order valence-electron chi connectivity index (χ4n) is 4.90. The Labute approximate surface area is 198 Å². The molecule has 0 radical (unpaired) electrons. The molecule has 12 heteroatoms. The van der Waals surface area contributed by atoms with Crippen LogP contribution in [0.3, 0.4) is 0 Å². The largest absolute Gasteiger partial charge is 0.486 e. The van der Waals surface area contributed by atoms with Crippen LogP contribution in [0.5, 0.6) is 11.5 Å². The molecule has 0 bridgehead atoms. The number of fused-ring (bicyclic) bond motifs is 1. The number of nitrogens with zero attached hydrogens (tertiary/aromatic N) is 4. The molecule has 1 atom stereocenters. The Balaban J connectivity index is 1.24. The van der Waals surface area contributed by atoms with Crippen LogP contribution in [0.15, 0.2) is 34.0 Å². The van der Waals surface area contributed by atoms with Crippen molar-refractivity contribution >= 4 is 23.6 Å². The van der Waals surface area contributed by atoms with Crippen molar-refractivity contribution in [2.24, 2.45) is 0 Å². The molecule has 4 aliphatic rings. The van der Waals surface area contributed by atoms with Crippen LogP contribution in [0, 0.1) is 0 Å². The van der Waals surface area contributed by atoms with Crippen molar-refractivity contribution in [2.45, 2.75) is 38.3 Å². The maximum Gasteiger partial charge on any atom is 0.278 e. The van der Waals surface area contributed by atoms with Crippen molar-refractivity contribution in [3.8, 4) is 22.9 Å². The van der Waals surface area contributed by atoms with Crippen LogP contribution >= 0.6 is 0 Å². The van der Waals surface area contributed by atoms with Crippen molar-refractivity contribution in [2.75, 3.05) is 19.8 Å². The smallest absolute Gasteiger partial charge is 0.278 e. The molecule has 1 aromatic heterocycles. The van der Waals surface area contributed by atoms with Gasteiger partial charge in [-0.3, -0.25) is 29.4 Å². The molecule has 0 spiro atoms. The van der Waals surface area contributed by atoms with Gasteiger partial charge in [0, 0.05) is 18.5 Å². The molecule has 0 aliphatic carbocycles. The van der Waals surface area contributed by atoms with Gasteiger partial charge in [0.15, 0.2) is 11.5 Å². The van der Waals surface area contributed by atoms with E-state index < -0.39 is 29.7 Å². The second-order valence-electron chi connectivity index (χ2n) is 8.64. The molecule has 1 N–H and O–H groups in total. The van der Waals surface area contributed by atoms with Gasteiger partial charge in [-0.05, 0) is 31.4 Å². The molecular formula is C23H21N5O7. The average molecular weight is 479 g/mol. The number of hydrogen-bond donors (Lipinski definition) is 1. The fourth-order valence-corrected chi connectivity index (χ4v) is 4.90. The normalized spacial score (nSPS) is 22.0. The van der Waals surface area contributed by atoms with E-state index >= 15 is 0 Å². The number of para-hydroxylation sites is 1. The van der Waals surface area contributed by atoms with Crippen LogP contribution in [0.4, 0.5) is 0 Å². The Kier molecular flexibility index (Phi) is 5.01. The number of amides is 4. The third-order valence-electron chi connectivity index (χ3n) is 6.48. The van der Waals surface area contributed by atoms with Crippen LogP contribution < -0.4 is 14.8 Å². The first-order chi connectivity index (χ1) is 17.0. The number of benzene rings is 1. The Morgan fingerprint density at radius 3 is 2.77 bits per heavy atom. The van der Waals surface area contributed by atoms with E-state index in [0.717, 1.165) is 4.90 Å². The van der Waals surface area contributed by atoms with Crippen molar-refractivity contribution in [1.82, 2.24) is 25.3 Å². The van der Waals surface area contributed by atoms with Gasteiger partial charge in [-0.2, -0.15) is 4.98 Å². The summed E-state index contributed by atoms with van der Waals surface area (Å²) in [5.74, 6) is -0.317. The minimum Gasteiger partial charge on any atom is -0.486 e. The molecule has 180 valence electrons. The third kappa shape index (κ3) is 3.52. The summed E-state index contributed by atoms with van der Waals surface area (Å²) >= 11 is 0. The molecule has 6 rings (SSSR count). The van der Waals surface area contributed by atoms with Crippen LogP contribution in [-0.2, 0) is 25.7 Å². The zero-order chi connectivity index (χ0) is 24.1. The number of nitrogens with one attached hydrogen (secondary N) is 1. The number of aromatic nitrogens is 2. The first-order valence-corrected chi connectivity index (χ1v) is 11.4. The number of carbonyl (C=O) groups is 4. The van der Waals surface area contributed by atoms with Crippen molar-refractivity contribution in [1.29, 1.82) is 0 Å². The Morgan fingerprint density at radius 1 is 1.06 bits per heavy atom. The van der Waals surface area contributed by atoms with Gasteiger partial charge in [0.05, 0.1) is 12.1 Å². The highest BCUT2D eigenvalue weighted by atomic mass is 16.6. The Morgan fingerprint density at radius 2 is 1.91 bits per heavy atom. The number of ether oxygens (including phenoxy) is 2. The van der Waals surface area contributed by atoms with E-state index in [1.807, 2.05) is 6.07 Å². The molecule has 4 amide bonds. The van der Waals surface area contributed by atoms with E-state index in [1.165, 1.54) is 0 Å². The monoisotopic (exact) mass is 479 g/mol. The summed E-state index contributed by atoms with van der Waals surface area (Å²) in [6.07, 6.45) is 1.27. The van der Waals surface area contributed by atoms with Gasteiger partial charge in [-0.25, -0.2) is 0 Å². The molecule has 2 aromatic rings. The summed E-state index contributed by atoms with van der Waals surface area (Å²) in [5.41, 5.74) is 1.25. The van der Waals surface area contributed by atoms with E-state index in [2.05, 4.69) is 15.5 Å². The molecular weight excluding hydrogens is 458 g/mol. The molecule has 35 heavy (non-hydrogen) atoms. The number of rotatable bonds is 4. The number of piperidine rings is 1. The number of hydrogen-bond acceptors (Lipinski definition) is 10. The Hall–Kier alpha value is -4.22. The lowest BCUT2D eigenvalue weighted by molar-refractivity contribution is -0.150. The van der Waals surface area contributed by atoms with Gasteiger partial charge in [-0.1, -0.05) is 11.2 Å². The summed E-state index contributed by atoms with van der Waals surface area (Å²) in [7, 11) is 0. The number of imide groups is 2. The number of carbonyl (C=O) groups excluding carboxylic acids is 4. The first kappa shape index (κ1) is 21.3. The van der Waals surface area contributed by atoms with E-state index in [9.17, 15) is 19.2 Å². The first-order valence-electron chi connectivity index (χ1n) is 11.4. The molecule has 5 heterocycles. The summed E-state index contributed by atoms with van der Waals surface area (Å²) in [4.78, 5) is 57.4. The lowest BCUT2D eigenvalue weighted by Crippen LogP contribution is -2.55. The summed E-state index contributed by atoms with van der Waals surface area (Å²) in [5, 5.41) is 6.28. The van der Waals surface area contributed by atoms with Crippen molar-refractivity contribution in [3.63, 3.8) is 0 Å². The van der Waals surface area contributed by atoms with Gasteiger partial charge in [0.25, 0.3) is 11.8 Å². The quantitative estimate of drug-likeness (QED) is 0.617. The predicted octanol–water partition coefficient (Wildman–Crippen LogP) is 0.532. The van der Waals surface area contributed by atoms with Gasteiger partial charge in [0.1, 0.15) is 25.0 Å². The maximum absolute atomic E-state index is 13.3. The lowest BCUT2D eigenvalue weighted by atomic mass is 10.0. The molecule has 1 aromatic carbocycles. The molecule has 4 aliphatic heterocycles. The Bertz CT molecular complexity index is 1300. The van der Waals surface area contributed by atoms with E-state index in [-0.39, 0.29) is 31.0 Å². The van der Waals surface area contributed by atoms with E-state index in [1.54, 1.807) is 17.0 Å². The SMILES string of the molecule is O=C1CCC(N2C(=O)C3=C(C2=O)N(Cc2nc(-c4cccc5c4OCCO5)no2)CCC3)C(=O)N1. The van der Waals surface area contributed by atoms with E-state index in [0.29, 0.717) is 61.1 Å². The van der Waals surface area contributed by atoms with Crippen LogP contribution in [0.25, 0.3) is 11.4 Å². The molecule has 1 fully saturated rings. The second-order valence-corrected chi connectivity index (χ2v) is 8.64. The van der Waals surface area contributed by atoms with Gasteiger partial charge in [0.2, 0.25) is 23.5 Å². The lowest BCUT2D eigenvalue weighted by Gasteiger charge is -2.29. The summed E-state index contributed by atoms with van der Waals surface area (Å²) in [6.45, 7) is 1.51. The van der Waals surface area contributed by atoms with Crippen LogP contribution in [-0.4, -0.2) is 69.4 Å². The summed E-state index contributed by atoms with van der Waals surface area (Å²) in [6, 6.07) is 4.42. The zero-order valence-electron chi connectivity index (χ0n) is 18.6. The highest BCUT2D eigenvalue weighted by molar-refractivity contribution is 6.21. The van der Waals surface area contributed by atoms with Crippen molar-refractivity contribution in [3.05, 3.63) is 35.4 Å². The fraction of sp³-hybridized carbons (Fsp3) is 0.391. The van der Waals surface area contributed by atoms with Gasteiger partial charge >= 0.3 is 0 Å². The standard InChI is InChI=1S/C23H21N5O7/c29-16-7-6-14(21(30)24-16)28-22(31)12-4-2-8-27(18(12)23(28)32)11-17-25-20(26-35-17)13-3-1-5-15-19(13)34-10-9-33-15/h1,3,5,14H,2,4,6-11H2,(H,24,29,30). The zero-order valence-corrected chi connectivity index (χ0v) is 18.6. The van der Waals surface area contributed by atoms with Crippen molar-refractivity contribution < 1.29 is 33.2 Å². The second kappa shape index (κ2) is 8.22. The third-order valence-corrected chi connectivity index (χ3v) is 6.48. The van der Waals surface area contributed by atoms with Crippen LogP contribution in [0.1, 0.15) is 31.6 Å². The molecule has 1 saturated heterocycles. The van der Waals surface area contributed by atoms with Gasteiger partial charge in [-0.15, -0.1) is 0 Å². The van der Waals surface area contributed by atoms with Crippen LogP contribution in [0.2, 0.25) is 0 Å². The predicted molar refractivity (Wildman–Crippen MR) is 115 cm³/mol. The minimum atomic E-state index is -0.998.